The standard InChI is InChI=1S/C18H24O2/c1-18-9-8-14-13-5-3-12(19)10-11(13)2-4-15(14)16(18)6-7-17(18)20/h10,13-16H,2-9H2,1H3/t13?,14-,15?,16+,18+/m1/s1. The molecular formula is C18H24O2. The summed E-state index contributed by atoms with van der Waals surface area (Å²) >= 11 is 0. The summed E-state index contributed by atoms with van der Waals surface area (Å²) in [5, 5.41) is 0. The number of carbonyl (C=O) groups is 2. The third kappa shape index (κ3) is 1.63. The van der Waals surface area contributed by atoms with Gasteiger partial charge in [0.25, 0.3) is 0 Å². The second-order valence-electron chi connectivity index (χ2n) is 7.72. The number of ketones is 2. The van der Waals surface area contributed by atoms with Gasteiger partial charge >= 0.3 is 0 Å². The molecular weight excluding hydrogens is 248 g/mol. The zero-order chi connectivity index (χ0) is 13.9. The molecule has 0 aromatic heterocycles. The Bertz CT molecular complexity index is 504. The molecule has 0 radical (unpaired) electrons. The Hall–Kier alpha value is -0.920. The van der Waals surface area contributed by atoms with Crippen molar-refractivity contribution in [1.82, 2.24) is 0 Å². The summed E-state index contributed by atoms with van der Waals surface area (Å²) < 4.78 is 0. The molecule has 108 valence electrons. The minimum Gasteiger partial charge on any atom is -0.299 e. The Balaban J connectivity index is 1.65. The maximum atomic E-state index is 12.3. The summed E-state index contributed by atoms with van der Waals surface area (Å²) in [5.41, 5.74) is 1.43. The highest BCUT2D eigenvalue weighted by atomic mass is 16.1. The molecule has 0 N–H and O–H groups in total. The largest absolute Gasteiger partial charge is 0.299 e. The van der Waals surface area contributed by atoms with Crippen LogP contribution in [0.5, 0.6) is 0 Å². The molecule has 0 bridgehead atoms. The summed E-state index contributed by atoms with van der Waals surface area (Å²) in [4.78, 5) is 23.9. The molecule has 0 spiro atoms. The van der Waals surface area contributed by atoms with Crippen molar-refractivity contribution in [2.24, 2.45) is 29.1 Å². The monoisotopic (exact) mass is 272 g/mol. The van der Waals surface area contributed by atoms with Gasteiger partial charge in [-0.15, -0.1) is 0 Å². The van der Waals surface area contributed by atoms with Crippen LogP contribution >= 0.6 is 0 Å². The molecule has 3 fully saturated rings. The van der Waals surface area contributed by atoms with Gasteiger partial charge in [-0.25, -0.2) is 0 Å². The molecule has 0 aromatic rings. The van der Waals surface area contributed by atoms with Crippen molar-refractivity contribution >= 4 is 11.6 Å². The third-order valence-corrected chi connectivity index (χ3v) is 7.01. The van der Waals surface area contributed by atoms with Crippen molar-refractivity contribution in [3.63, 3.8) is 0 Å². The number of carbonyl (C=O) groups excluding carboxylic acids is 2. The normalized spacial score (nSPS) is 47.4. The first-order valence-electron chi connectivity index (χ1n) is 8.36. The Morgan fingerprint density at radius 2 is 1.85 bits per heavy atom. The number of hydrogen-bond donors (Lipinski definition) is 0. The first-order chi connectivity index (χ1) is 9.59. The van der Waals surface area contributed by atoms with Gasteiger partial charge in [-0.3, -0.25) is 9.59 Å². The van der Waals surface area contributed by atoms with Crippen molar-refractivity contribution in [2.45, 2.75) is 58.3 Å². The first-order valence-corrected chi connectivity index (χ1v) is 8.36. The minimum atomic E-state index is -0.00707. The van der Waals surface area contributed by atoms with E-state index in [9.17, 15) is 9.59 Å². The van der Waals surface area contributed by atoms with E-state index in [0.717, 1.165) is 50.4 Å². The highest BCUT2D eigenvalue weighted by Crippen LogP contribution is 2.60. The Morgan fingerprint density at radius 3 is 2.70 bits per heavy atom. The molecule has 0 saturated heterocycles. The smallest absolute Gasteiger partial charge is 0.155 e. The molecule has 2 unspecified atom stereocenters. The van der Waals surface area contributed by atoms with Crippen molar-refractivity contribution < 1.29 is 9.59 Å². The van der Waals surface area contributed by atoms with Crippen LogP contribution in [0.1, 0.15) is 58.3 Å². The summed E-state index contributed by atoms with van der Waals surface area (Å²) in [6, 6.07) is 0. The van der Waals surface area contributed by atoms with Crippen LogP contribution in [-0.2, 0) is 9.59 Å². The van der Waals surface area contributed by atoms with Gasteiger partial charge in [-0.1, -0.05) is 12.5 Å². The Labute approximate surface area is 121 Å². The van der Waals surface area contributed by atoms with E-state index in [2.05, 4.69) is 6.92 Å². The van der Waals surface area contributed by atoms with Crippen molar-refractivity contribution in [1.29, 1.82) is 0 Å². The highest BCUT2D eigenvalue weighted by molar-refractivity contribution is 5.91. The number of allylic oxidation sites excluding steroid dienone is 1. The van der Waals surface area contributed by atoms with Crippen molar-refractivity contribution in [3.8, 4) is 0 Å². The molecule has 2 nitrogen and oxygen atoms in total. The molecule has 0 aliphatic heterocycles. The quantitative estimate of drug-likeness (QED) is 0.674. The third-order valence-electron chi connectivity index (χ3n) is 7.01. The predicted molar refractivity (Wildman–Crippen MR) is 77.1 cm³/mol. The van der Waals surface area contributed by atoms with Gasteiger partial charge in [-0.05, 0) is 68.3 Å². The first kappa shape index (κ1) is 12.8. The molecule has 20 heavy (non-hydrogen) atoms. The second kappa shape index (κ2) is 4.29. The van der Waals surface area contributed by atoms with E-state index < -0.39 is 0 Å². The van der Waals surface area contributed by atoms with E-state index in [1.54, 1.807) is 0 Å². The molecule has 4 rings (SSSR count). The van der Waals surface area contributed by atoms with E-state index in [4.69, 9.17) is 0 Å². The van der Waals surface area contributed by atoms with E-state index in [1.807, 2.05) is 6.08 Å². The van der Waals surface area contributed by atoms with E-state index >= 15 is 0 Å². The Morgan fingerprint density at radius 1 is 1.00 bits per heavy atom. The lowest BCUT2D eigenvalue weighted by atomic mass is 9.52. The molecule has 4 aliphatic rings. The number of Topliss-reactive ketones (excluding diaryl/α,β-unsaturated/α-hetero) is 1. The van der Waals surface area contributed by atoms with Crippen molar-refractivity contribution in [3.05, 3.63) is 11.6 Å². The van der Waals surface area contributed by atoms with Gasteiger partial charge < -0.3 is 0 Å². The zero-order valence-corrected chi connectivity index (χ0v) is 12.4. The molecule has 4 aliphatic carbocycles. The van der Waals surface area contributed by atoms with Gasteiger partial charge in [0.15, 0.2) is 5.78 Å². The van der Waals surface area contributed by atoms with Crippen LogP contribution in [0.3, 0.4) is 0 Å². The van der Waals surface area contributed by atoms with Crippen LogP contribution in [0.2, 0.25) is 0 Å². The number of hydrogen-bond acceptors (Lipinski definition) is 2. The fraction of sp³-hybridized carbons (Fsp3) is 0.778. The fourth-order valence-corrected chi connectivity index (χ4v) is 5.95. The average Bonchev–Trinajstić information content (AvgIpc) is 2.74. The lowest BCUT2D eigenvalue weighted by molar-refractivity contribution is -0.131. The van der Waals surface area contributed by atoms with Gasteiger partial charge in [0.1, 0.15) is 5.78 Å². The molecule has 5 atom stereocenters. The number of rotatable bonds is 0. The summed E-state index contributed by atoms with van der Waals surface area (Å²) in [6.07, 6.45) is 10.3. The lowest BCUT2D eigenvalue weighted by Crippen LogP contribution is -2.46. The van der Waals surface area contributed by atoms with Crippen LogP contribution in [0.15, 0.2) is 11.6 Å². The van der Waals surface area contributed by atoms with Gasteiger partial charge in [0.2, 0.25) is 0 Å². The van der Waals surface area contributed by atoms with Gasteiger partial charge in [-0.2, -0.15) is 0 Å². The van der Waals surface area contributed by atoms with Crippen LogP contribution in [0.25, 0.3) is 0 Å². The SMILES string of the molecule is C[C@]12CC[C@@H]3C4CCC(=O)C=C4CCC3[C@@H]1CCC2=O. The average molecular weight is 272 g/mol. The van der Waals surface area contributed by atoms with E-state index in [0.29, 0.717) is 23.4 Å². The molecule has 0 heterocycles. The fourth-order valence-electron chi connectivity index (χ4n) is 5.95. The van der Waals surface area contributed by atoms with Crippen LogP contribution in [-0.4, -0.2) is 11.6 Å². The molecule has 0 aromatic carbocycles. The van der Waals surface area contributed by atoms with Gasteiger partial charge in [0.05, 0.1) is 0 Å². The zero-order valence-electron chi connectivity index (χ0n) is 12.4. The van der Waals surface area contributed by atoms with Crippen LogP contribution in [0.4, 0.5) is 0 Å². The molecule has 2 heteroatoms. The number of fused-ring (bicyclic) bond motifs is 5. The van der Waals surface area contributed by atoms with Crippen molar-refractivity contribution in [2.75, 3.05) is 0 Å². The van der Waals surface area contributed by atoms with E-state index in [-0.39, 0.29) is 5.41 Å². The van der Waals surface area contributed by atoms with Crippen LogP contribution < -0.4 is 0 Å². The highest BCUT2D eigenvalue weighted by Gasteiger charge is 2.55. The lowest BCUT2D eigenvalue weighted by Gasteiger charge is -2.52. The van der Waals surface area contributed by atoms with Gasteiger partial charge in [0, 0.05) is 18.3 Å². The summed E-state index contributed by atoms with van der Waals surface area (Å²) in [6.45, 7) is 2.24. The van der Waals surface area contributed by atoms with Crippen LogP contribution in [0, 0.1) is 29.1 Å². The topological polar surface area (TPSA) is 34.1 Å². The summed E-state index contributed by atoms with van der Waals surface area (Å²) in [5.74, 6) is 3.66. The summed E-state index contributed by atoms with van der Waals surface area (Å²) in [7, 11) is 0. The predicted octanol–water partition coefficient (Wildman–Crippen LogP) is 3.70. The second-order valence-corrected chi connectivity index (χ2v) is 7.72. The minimum absolute atomic E-state index is 0.00707. The maximum Gasteiger partial charge on any atom is 0.155 e. The Kier molecular flexibility index (Phi) is 2.74. The molecule has 0 amide bonds. The van der Waals surface area contributed by atoms with E-state index in [1.165, 1.54) is 18.4 Å². The maximum absolute atomic E-state index is 12.3. The molecule has 3 saturated carbocycles.